The summed E-state index contributed by atoms with van der Waals surface area (Å²) >= 11 is 0. The molecule has 1 aliphatic heterocycles. The zero-order valence-electron chi connectivity index (χ0n) is 12.2. The molecule has 1 N–H and O–H groups in total. The van der Waals surface area contributed by atoms with Crippen LogP contribution in [0.4, 0.5) is 5.95 Å². The van der Waals surface area contributed by atoms with Gasteiger partial charge in [0, 0.05) is 24.8 Å². The average molecular weight is 279 g/mol. The summed E-state index contributed by atoms with van der Waals surface area (Å²) in [6, 6.07) is 1.80. The number of nitrogens with zero attached hydrogens (tertiary/aromatic N) is 3. The molecule has 1 fully saturated rings. The topological polar surface area (TPSA) is 75.5 Å². The van der Waals surface area contributed by atoms with Crippen LogP contribution in [0, 0.1) is 18.8 Å². The molecule has 1 saturated heterocycles. The van der Waals surface area contributed by atoms with Gasteiger partial charge in [0.05, 0.1) is 12.5 Å². The molecule has 1 aliphatic rings. The number of aliphatic carboxylic acids is 1. The maximum absolute atomic E-state index is 11.2. The van der Waals surface area contributed by atoms with Crippen molar-refractivity contribution in [2.75, 3.05) is 24.6 Å². The Hall–Kier alpha value is -1.85. The summed E-state index contributed by atoms with van der Waals surface area (Å²) in [4.78, 5) is 21.9. The van der Waals surface area contributed by atoms with E-state index in [0.717, 1.165) is 12.1 Å². The largest absolute Gasteiger partial charge is 0.481 e. The highest BCUT2D eigenvalue weighted by molar-refractivity contribution is 5.72. The van der Waals surface area contributed by atoms with Crippen LogP contribution in [-0.2, 0) is 4.79 Å². The van der Waals surface area contributed by atoms with Crippen molar-refractivity contribution in [2.24, 2.45) is 11.8 Å². The van der Waals surface area contributed by atoms with Gasteiger partial charge in [-0.15, -0.1) is 0 Å². The van der Waals surface area contributed by atoms with Crippen molar-refractivity contribution in [3.63, 3.8) is 0 Å². The Morgan fingerprint density at radius 3 is 2.85 bits per heavy atom. The molecule has 1 aromatic heterocycles. The Morgan fingerprint density at radius 2 is 2.25 bits per heavy atom. The quantitative estimate of drug-likeness (QED) is 0.884. The second-order valence-corrected chi connectivity index (χ2v) is 5.32. The maximum Gasteiger partial charge on any atom is 0.308 e. The highest BCUT2D eigenvalue weighted by atomic mass is 16.5. The van der Waals surface area contributed by atoms with Gasteiger partial charge in [-0.1, -0.05) is 13.8 Å². The normalized spacial score (nSPS) is 22.1. The highest BCUT2D eigenvalue weighted by Gasteiger charge is 2.36. The summed E-state index contributed by atoms with van der Waals surface area (Å²) in [6.45, 7) is 7.60. The summed E-state index contributed by atoms with van der Waals surface area (Å²) in [6.07, 6.45) is 0.917. The summed E-state index contributed by atoms with van der Waals surface area (Å²) in [7, 11) is 0. The van der Waals surface area contributed by atoms with Gasteiger partial charge < -0.3 is 14.7 Å². The van der Waals surface area contributed by atoms with Crippen LogP contribution in [0.5, 0.6) is 5.88 Å². The molecule has 0 bridgehead atoms. The van der Waals surface area contributed by atoms with Crippen LogP contribution in [0.2, 0.25) is 0 Å². The van der Waals surface area contributed by atoms with E-state index >= 15 is 0 Å². The van der Waals surface area contributed by atoms with Gasteiger partial charge in [-0.05, 0) is 19.3 Å². The maximum atomic E-state index is 11.2. The third kappa shape index (κ3) is 3.18. The monoisotopic (exact) mass is 279 g/mol. The first kappa shape index (κ1) is 14.6. The van der Waals surface area contributed by atoms with Crippen molar-refractivity contribution in [2.45, 2.75) is 27.2 Å². The SMILES string of the molecule is CCCOc1cc(C)nc(N2CC(C)C(C(=O)O)C2)n1. The summed E-state index contributed by atoms with van der Waals surface area (Å²) in [5.41, 5.74) is 0.826. The first-order valence-corrected chi connectivity index (χ1v) is 6.97. The molecule has 0 aromatic carbocycles. The molecule has 0 amide bonds. The van der Waals surface area contributed by atoms with Gasteiger partial charge in [-0.3, -0.25) is 4.79 Å². The molecular weight excluding hydrogens is 258 g/mol. The lowest BCUT2D eigenvalue weighted by atomic mass is 9.99. The zero-order chi connectivity index (χ0) is 14.7. The Labute approximate surface area is 118 Å². The molecule has 20 heavy (non-hydrogen) atoms. The van der Waals surface area contributed by atoms with Crippen molar-refractivity contribution in [1.29, 1.82) is 0 Å². The Bertz CT molecular complexity index is 493. The highest BCUT2D eigenvalue weighted by Crippen LogP contribution is 2.27. The minimum atomic E-state index is -0.755. The Kier molecular flexibility index (Phi) is 4.42. The molecule has 6 nitrogen and oxygen atoms in total. The van der Waals surface area contributed by atoms with Crippen LogP contribution in [0.1, 0.15) is 26.0 Å². The average Bonchev–Trinajstić information content (AvgIpc) is 2.78. The molecule has 2 atom stereocenters. The lowest BCUT2D eigenvalue weighted by Crippen LogP contribution is -2.24. The number of hydrogen-bond donors (Lipinski definition) is 1. The van der Waals surface area contributed by atoms with E-state index in [2.05, 4.69) is 9.97 Å². The molecule has 110 valence electrons. The third-order valence-electron chi connectivity index (χ3n) is 3.49. The second kappa shape index (κ2) is 6.07. The van der Waals surface area contributed by atoms with Gasteiger partial charge in [0.2, 0.25) is 11.8 Å². The molecule has 2 unspecified atom stereocenters. The number of hydrogen-bond acceptors (Lipinski definition) is 5. The van der Waals surface area contributed by atoms with Gasteiger partial charge >= 0.3 is 5.97 Å². The number of aromatic nitrogens is 2. The fourth-order valence-electron chi connectivity index (χ4n) is 2.40. The Balaban J connectivity index is 2.16. The molecule has 6 heteroatoms. The zero-order valence-corrected chi connectivity index (χ0v) is 12.2. The van der Waals surface area contributed by atoms with Crippen LogP contribution in [0.15, 0.2) is 6.07 Å². The van der Waals surface area contributed by atoms with E-state index in [4.69, 9.17) is 4.74 Å². The van der Waals surface area contributed by atoms with Gasteiger partial charge in [0.15, 0.2) is 0 Å². The van der Waals surface area contributed by atoms with E-state index in [1.54, 1.807) is 6.07 Å². The van der Waals surface area contributed by atoms with Crippen molar-refractivity contribution < 1.29 is 14.6 Å². The number of carbonyl (C=O) groups is 1. The third-order valence-corrected chi connectivity index (χ3v) is 3.49. The van der Waals surface area contributed by atoms with Crippen molar-refractivity contribution in [3.05, 3.63) is 11.8 Å². The number of ether oxygens (including phenoxy) is 1. The van der Waals surface area contributed by atoms with Crippen LogP contribution in [-0.4, -0.2) is 40.7 Å². The Morgan fingerprint density at radius 1 is 1.50 bits per heavy atom. The number of carboxylic acid groups (broad SMARTS) is 1. The summed E-state index contributed by atoms with van der Waals surface area (Å²) < 4.78 is 5.54. The lowest BCUT2D eigenvalue weighted by molar-refractivity contribution is -0.142. The van der Waals surface area contributed by atoms with E-state index in [1.165, 1.54) is 0 Å². The van der Waals surface area contributed by atoms with Crippen LogP contribution < -0.4 is 9.64 Å². The molecule has 0 aliphatic carbocycles. The van der Waals surface area contributed by atoms with Crippen LogP contribution >= 0.6 is 0 Å². The number of carboxylic acids is 1. The lowest BCUT2D eigenvalue weighted by Gasteiger charge is -2.17. The van der Waals surface area contributed by atoms with E-state index in [1.807, 2.05) is 25.7 Å². The molecule has 0 saturated carbocycles. The van der Waals surface area contributed by atoms with Gasteiger partial charge in [-0.2, -0.15) is 4.98 Å². The smallest absolute Gasteiger partial charge is 0.308 e. The van der Waals surface area contributed by atoms with E-state index in [9.17, 15) is 9.90 Å². The van der Waals surface area contributed by atoms with Crippen LogP contribution in [0.25, 0.3) is 0 Å². The van der Waals surface area contributed by atoms with Crippen molar-refractivity contribution in [3.8, 4) is 5.88 Å². The first-order valence-electron chi connectivity index (χ1n) is 6.97. The second-order valence-electron chi connectivity index (χ2n) is 5.32. The van der Waals surface area contributed by atoms with Gasteiger partial charge in [0.1, 0.15) is 0 Å². The molecule has 1 aromatic rings. The van der Waals surface area contributed by atoms with Crippen LogP contribution in [0.3, 0.4) is 0 Å². The van der Waals surface area contributed by atoms with Gasteiger partial charge in [-0.25, -0.2) is 4.98 Å². The van der Waals surface area contributed by atoms with Crippen molar-refractivity contribution in [1.82, 2.24) is 9.97 Å². The number of rotatable bonds is 5. The van der Waals surface area contributed by atoms with Crippen molar-refractivity contribution >= 4 is 11.9 Å². The standard InChI is InChI=1S/C14H21N3O3/c1-4-5-20-12-6-10(3)15-14(16-12)17-7-9(2)11(8-17)13(18)19/h6,9,11H,4-5,7-8H2,1-3H3,(H,18,19). The minimum Gasteiger partial charge on any atom is -0.481 e. The summed E-state index contributed by atoms with van der Waals surface area (Å²) in [5.74, 6) is 0.0957. The molecule has 2 rings (SSSR count). The van der Waals surface area contributed by atoms with Gasteiger partial charge in [0.25, 0.3) is 0 Å². The summed E-state index contributed by atoms with van der Waals surface area (Å²) in [5, 5.41) is 9.18. The van der Waals surface area contributed by atoms with E-state index in [-0.39, 0.29) is 11.8 Å². The molecular formula is C14H21N3O3. The number of anilines is 1. The molecule has 0 spiro atoms. The van der Waals surface area contributed by atoms with E-state index < -0.39 is 5.97 Å². The minimum absolute atomic E-state index is 0.0941. The predicted molar refractivity (Wildman–Crippen MR) is 75.1 cm³/mol. The number of aryl methyl sites for hydroxylation is 1. The predicted octanol–water partition coefficient (Wildman–Crippen LogP) is 1.73. The molecule has 2 heterocycles. The fourth-order valence-corrected chi connectivity index (χ4v) is 2.40. The van der Waals surface area contributed by atoms with E-state index in [0.29, 0.717) is 31.5 Å². The fraction of sp³-hybridized carbons (Fsp3) is 0.643. The first-order chi connectivity index (χ1) is 9.51. The molecule has 0 radical (unpaired) electrons.